The Morgan fingerprint density at radius 2 is 2.21 bits per heavy atom. The van der Waals surface area contributed by atoms with Gasteiger partial charge in [-0.15, -0.1) is 0 Å². The zero-order valence-electron chi connectivity index (χ0n) is 8.70. The number of esters is 1. The summed E-state index contributed by atoms with van der Waals surface area (Å²) < 4.78 is 5.30. The molecule has 1 saturated carbocycles. The van der Waals surface area contributed by atoms with E-state index in [4.69, 9.17) is 10.5 Å². The Hall–Kier alpha value is -0.220. The van der Waals surface area contributed by atoms with Gasteiger partial charge in [-0.1, -0.05) is 0 Å². The molecule has 1 rings (SSSR count). The number of carbonyl (C=O) groups excluding carboxylic acids is 1. The first-order valence-corrected chi connectivity index (χ1v) is 6.58. The second-order valence-corrected chi connectivity index (χ2v) is 4.72. The van der Waals surface area contributed by atoms with Gasteiger partial charge in [-0.05, 0) is 44.1 Å². The summed E-state index contributed by atoms with van der Waals surface area (Å²) in [6.07, 6.45) is 7.25. The molecule has 0 saturated heterocycles. The summed E-state index contributed by atoms with van der Waals surface area (Å²) in [6, 6.07) is -0.428. The van der Waals surface area contributed by atoms with Crippen molar-refractivity contribution >= 4 is 17.7 Å². The number of ether oxygens (including phenoxy) is 1. The van der Waals surface area contributed by atoms with Crippen molar-refractivity contribution in [2.24, 2.45) is 5.73 Å². The molecule has 1 aliphatic carbocycles. The number of nitrogens with two attached hydrogens (primary N) is 1. The van der Waals surface area contributed by atoms with E-state index in [2.05, 4.69) is 0 Å². The summed E-state index contributed by atoms with van der Waals surface area (Å²) in [7, 11) is 0. The summed E-state index contributed by atoms with van der Waals surface area (Å²) in [5, 5.41) is 0. The molecule has 0 aromatic heterocycles. The minimum Gasteiger partial charge on any atom is -0.461 e. The summed E-state index contributed by atoms with van der Waals surface area (Å²) in [5.74, 6) is 0.701. The molecule has 0 heterocycles. The van der Waals surface area contributed by atoms with Gasteiger partial charge in [0.1, 0.15) is 12.1 Å². The molecule has 1 atom stereocenters. The third kappa shape index (κ3) is 3.88. The summed E-state index contributed by atoms with van der Waals surface area (Å²) >= 11 is 1.70. The molecule has 82 valence electrons. The fourth-order valence-corrected chi connectivity index (χ4v) is 2.11. The van der Waals surface area contributed by atoms with E-state index in [1.54, 1.807) is 11.8 Å². The maximum Gasteiger partial charge on any atom is 0.323 e. The van der Waals surface area contributed by atoms with E-state index < -0.39 is 6.04 Å². The molecule has 2 N–H and O–H groups in total. The smallest absolute Gasteiger partial charge is 0.323 e. The average molecular weight is 217 g/mol. The van der Waals surface area contributed by atoms with Crippen molar-refractivity contribution in [3.05, 3.63) is 0 Å². The fraction of sp³-hybridized carbons (Fsp3) is 0.900. The highest BCUT2D eigenvalue weighted by molar-refractivity contribution is 7.98. The van der Waals surface area contributed by atoms with E-state index in [9.17, 15) is 4.79 Å². The minimum absolute atomic E-state index is 0.142. The molecule has 0 aliphatic heterocycles. The highest BCUT2D eigenvalue weighted by Crippen LogP contribution is 2.21. The zero-order valence-corrected chi connectivity index (χ0v) is 9.52. The number of hydrogen-bond acceptors (Lipinski definition) is 4. The molecular formula is C10H19NO2S. The van der Waals surface area contributed by atoms with E-state index in [1.807, 2.05) is 6.26 Å². The minimum atomic E-state index is -0.428. The second kappa shape index (κ2) is 6.30. The number of rotatable bonds is 5. The molecule has 3 nitrogen and oxygen atoms in total. The van der Waals surface area contributed by atoms with Crippen molar-refractivity contribution in [3.63, 3.8) is 0 Å². The monoisotopic (exact) mass is 217 g/mol. The normalized spacial score (nSPS) is 19.6. The highest BCUT2D eigenvalue weighted by atomic mass is 32.2. The molecule has 0 aromatic carbocycles. The van der Waals surface area contributed by atoms with Crippen LogP contribution >= 0.6 is 11.8 Å². The van der Waals surface area contributed by atoms with Crippen molar-refractivity contribution < 1.29 is 9.53 Å². The standard InChI is InChI=1S/C10H19NO2S/c1-14-7-6-9(11)10(12)13-8-4-2-3-5-8/h8-9H,2-7,11H2,1H3. The van der Waals surface area contributed by atoms with Crippen LogP contribution in [0.5, 0.6) is 0 Å². The summed E-state index contributed by atoms with van der Waals surface area (Å²) in [6.45, 7) is 0. The molecule has 4 heteroatoms. The molecular weight excluding hydrogens is 198 g/mol. The number of thioether (sulfide) groups is 1. The largest absolute Gasteiger partial charge is 0.461 e. The molecule has 0 aromatic rings. The Kier molecular flexibility index (Phi) is 5.33. The van der Waals surface area contributed by atoms with Crippen LogP contribution in [0.4, 0.5) is 0 Å². The zero-order chi connectivity index (χ0) is 10.4. The van der Waals surface area contributed by atoms with Gasteiger partial charge in [-0.2, -0.15) is 11.8 Å². The second-order valence-electron chi connectivity index (χ2n) is 3.73. The Labute approximate surface area is 89.8 Å². The third-order valence-electron chi connectivity index (χ3n) is 2.52. The SMILES string of the molecule is CSCCC(N)C(=O)OC1CCCC1. The van der Waals surface area contributed by atoms with Crippen molar-refractivity contribution in [2.75, 3.05) is 12.0 Å². The molecule has 1 aliphatic rings. The average Bonchev–Trinajstić information content (AvgIpc) is 2.66. The third-order valence-corrected chi connectivity index (χ3v) is 3.16. The van der Waals surface area contributed by atoms with Crippen molar-refractivity contribution in [3.8, 4) is 0 Å². The lowest BCUT2D eigenvalue weighted by Crippen LogP contribution is -2.34. The molecule has 14 heavy (non-hydrogen) atoms. The van der Waals surface area contributed by atoms with Gasteiger partial charge in [0, 0.05) is 0 Å². The summed E-state index contributed by atoms with van der Waals surface area (Å²) in [4.78, 5) is 11.4. The van der Waals surface area contributed by atoms with Crippen LogP contribution in [0.15, 0.2) is 0 Å². The molecule has 0 bridgehead atoms. The fourth-order valence-electron chi connectivity index (χ4n) is 1.62. The first-order chi connectivity index (χ1) is 6.74. The quantitative estimate of drug-likeness (QED) is 0.710. The number of carbonyl (C=O) groups is 1. The van der Waals surface area contributed by atoms with Crippen LogP contribution in [-0.4, -0.2) is 30.1 Å². The Balaban J connectivity index is 2.18. The maximum atomic E-state index is 11.4. The van der Waals surface area contributed by atoms with Gasteiger partial charge in [0.2, 0.25) is 0 Å². The highest BCUT2D eigenvalue weighted by Gasteiger charge is 2.22. The van der Waals surface area contributed by atoms with Crippen molar-refractivity contribution in [2.45, 2.75) is 44.2 Å². The lowest BCUT2D eigenvalue weighted by atomic mass is 10.2. The van der Waals surface area contributed by atoms with E-state index in [0.717, 1.165) is 18.6 Å². The van der Waals surface area contributed by atoms with Gasteiger partial charge in [-0.25, -0.2) is 0 Å². The first-order valence-electron chi connectivity index (χ1n) is 5.19. The van der Waals surface area contributed by atoms with Crippen LogP contribution in [0.3, 0.4) is 0 Å². The van der Waals surface area contributed by atoms with Crippen molar-refractivity contribution in [1.29, 1.82) is 0 Å². The Bertz CT molecular complexity index is 181. The van der Waals surface area contributed by atoms with E-state index in [1.165, 1.54) is 12.8 Å². The first kappa shape index (κ1) is 11.9. The van der Waals surface area contributed by atoms with Crippen LogP contribution < -0.4 is 5.73 Å². The van der Waals surface area contributed by atoms with Gasteiger partial charge in [-0.3, -0.25) is 4.79 Å². The van der Waals surface area contributed by atoms with Gasteiger partial charge in [0.25, 0.3) is 0 Å². The predicted molar refractivity (Wildman–Crippen MR) is 59.3 cm³/mol. The molecule has 1 fully saturated rings. The Morgan fingerprint density at radius 3 is 2.79 bits per heavy atom. The van der Waals surface area contributed by atoms with E-state index >= 15 is 0 Å². The van der Waals surface area contributed by atoms with Crippen LogP contribution in [0, 0.1) is 0 Å². The lowest BCUT2D eigenvalue weighted by Gasteiger charge is -2.15. The molecule has 0 spiro atoms. The number of hydrogen-bond donors (Lipinski definition) is 1. The Morgan fingerprint density at radius 1 is 1.57 bits per heavy atom. The van der Waals surface area contributed by atoms with Crippen LogP contribution in [0.25, 0.3) is 0 Å². The predicted octanol–water partition coefficient (Wildman–Crippen LogP) is 1.55. The van der Waals surface area contributed by atoms with Crippen LogP contribution in [0.2, 0.25) is 0 Å². The molecule has 0 amide bonds. The van der Waals surface area contributed by atoms with Crippen molar-refractivity contribution in [1.82, 2.24) is 0 Å². The van der Waals surface area contributed by atoms with Gasteiger partial charge >= 0.3 is 5.97 Å². The summed E-state index contributed by atoms with van der Waals surface area (Å²) in [5.41, 5.74) is 5.69. The van der Waals surface area contributed by atoms with Gasteiger partial charge in [0.15, 0.2) is 0 Å². The lowest BCUT2D eigenvalue weighted by molar-refractivity contribution is -0.150. The molecule has 1 unspecified atom stereocenters. The van der Waals surface area contributed by atoms with E-state index in [-0.39, 0.29) is 12.1 Å². The van der Waals surface area contributed by atoms with E-state index in [0.29, 0.717) is 6.42 Å². The molecule has 0 radical (unpaired) electrons. The maximum absolute atomic E-state index is 11.4. The van der Waals surface area contributed by atoms with Gasteiger partial charge < -0.3 is 10.5 Å². The van der Waals surface area contributed by atoms with Crippen LogP contribution in [0.1, 0.15) is 32.1 Å². The topological polar surface area (TPSA) is 52.3 Å². The van der Waals surface area contributed by atoms with Crippen LogP contribution in [-0.2, 0) is 9.53 Å². The van der Waals surface area contributed by atoms with Gasteiger partial charge in [0.05, 0.1) is 0 Å².